The Kier molecular flexibility index (Phi) is 6.04. The molecule has 2 heterocycles. The van der Waals surface area contributed by atoms with Crippen LogP contribution >= 0.6 is 15.9 Å². The number of benzene rings is 2. The highest BCUT2D eigenvalue weighted by molar-refractivity contribution is 9.10. The highest BCUT2D eigenvalue weighted by Crippen LogP contribution is 2.36. The average molecular weight is 472 g/mol. The Balaban J connectivity index is 1.83. The van der Waals surface area contributed by atoms with Gasteiger partial charge in [-0.15, -0.1) is 0 Å². The summed E-state index contributed by atoms with van der Waals surface area (Å²) < 4.78 is 27.2. The molecule has 0 amide bonds. The molecular formula is C23H23BrFN3O2. The molecule has 30 heavy (non-hydrogen) atoms. The standard InChI is InChI=1S/C23H23BrFN3O2/c1-14-19-11-17(24)6-9-20(19)27-23(26-12-22(29-2)30-3)21-10-16(13-28(14)21)15-4-7-18(25)8-5-15/h4-11,13-14,22H,12H2,1-3H3,(H,26,27). The van der Waals surface area contributed by atoms with Crippen LogP contribution < -0.4 is 5.32 Å². The van der Waals surface area contributed by atoms with Crippen LogP contribution in [0.25, 0.3) is 11.1 Å². The first kappa shape index (κ1) is 20.8. The van der Waals surface area contributed by atoms with Crippen molar-refractivity contribution in [2.24, 2.45) is 4.99 Å². The summed E-state index contributed by atoms with van der Waals surface area (Å²) in [6, 6.07) is 14.8. The van der Waals surface area contributed by atoms with Crippen LogP contribution in [0.5, 0.6) is 0 Å². The van der Waals surface area contributed by atoms with E-state index in [1.165, 1.54) is 12.1 Å². The molecule has 4 rings (SSSR count). The number of hydrogen-bond acceptors (Lipinski definition) is 3. The van der Waals surface area contributed by atoms with Gasteiger partial charge in [0.2, 0.25) is 0 Å². The quantitative estimate of drug-likeness (QED) is 0.502. The van der Waals surface area contributed by atoms with E-state index in [4.69, 9.17) is 14.5 Å². The van der Waals surface area contributed by atoms with Crippen molar-refractivity contribution in [1.29, 1.82) is 0 Å². The molecule has 0 saturated heterocycles. The molecule has 5 nitrogen and oxygen atoms in total. The van der Waals surface area contributed by atoms with Gasteiger partial charge >= 0.3 is 0 Å². The van der Waals surface area contributed by atoms with Crippen molar-refractivity contribution in [2.45, 2.75) is 19.3 Å². The average Bonchev–Trinajstić information content (AvgIpc) is 3.16. The summed E-state index contributed by atoms with van der Waals surface area (Å²) in [5, 5.41) is 3.49. The van der Waals surface area contributed by atoms with Gasteiger partial charge in [-0.25, -0.2) is 4.39 Å². The van der Waals surface area contributed by atoms with Gasteiger partial charge in [-0.3, -0.25) is 4.99 Å². The summed E-state index contributed by atoms with van der Waals surface area (Å²) in [6.07, 6.45) is 1.66. The summed E-state index contributed by atoms with van der Waals surface area (Å²) in [4.78, 5) is 4.77. The van der Waals surface area contributed by atoms with Gasteiger partial charge in [0.05, 0.1) is 18.3 Å². The number of ether oxygens (including phenoxy) is 2. The number of rotatable bonds is 5. The number of aliphatic imine (C=N–C) groups is 1. The van der Waals surface area contributed by atoms with Crippen molar-refractivity contribution in [3.8, 4) is 11.1 Å². The molecule has 3 aromatic rings. The first-order valence-electron chi connectivity index (χ1n) is 9.65. The fourth-order valence-corrected chi connectivity index (χ4v) is 4.03. The van der Waals surface area contributed by atoms with Crippen molar-refractivity contribution >= 4 is 27.5 Å². The minimum absolute atomic E-state index is 0.0718. The van der Waals surface area contributed by atoms with E-state index >= 15 is 0 Å². The van der Waals surface area contributed by atoms with Crippen LogP contribution in [0.2, 0.25) is 0 Å². The summed E-state index contributed by atoms with van der Waals surface area (Å²) in [5.74, 6) is 0.483. The Morgan fingerprint density at radius 1 is 1.10 bits per heavy atom. The van der Waals surface area contributed by atoms with E-state index in [2.05, 4.69) is 51.1 Å². The fraction of sp³-hybridized carbons (Fsp3) is 0.261. The summed E-state index contributed by atoms with van der Waals surface area (Å²) >= 11 is 3.58. The summed E-state index contributed by atoms with van der Waals surface area (Å²) in [5.41, 5.74) is 5.04. The maximum Gasteiger partial charge on any atom is 0.176 e. The third kappa shape index (κ3) is 4.05. The zero-order valence-electron chi connectivity index (χ0n) is 17.0. The van der Waals surface area contributed by atoms with E-state index in [0.717, 1.165) is 38.4 Å². The van der Waals surface area contributed by atoms with Gasteiger partial charge < -0.3 is 19.4 Å². The second-order valence-corrected chi connectivity index (χ2v) is 8.07. The first-order chi connectivity index (χ1) is 14.5. The van der Waals surface area contributed by atoms with E-state index < -0.39 is 6.29 Å². The lowest BCUT2D eigenvalue weighted by atomic mass is 10.1. The number of hydrogen-bond donors (Lipinski definition) is 1. The molecule has 1 aliphatic rings. The number of aromatic nitrogens is 1. The minimum atomic E-state index is -0.427. The molecular weight excluding hydrogens is 449 g/mol. The number of amidine groups is 1. The SMILES string of the molecule is COC(CN=C1Nc2ccc(Br)cc2C(C)n2cc(-c3ccc(F)cc3)cc21)OC. The second kappa shape index (κ2) is 8.71. The Morgan fingerprint density at radius 3 is 2.53 bits per heavy atom. The lowest BCUT2D eigenvalue weighted by Gasteiger charge is -2.16. The van der Waals surface area contributed by atoms with Gasteiger partial charge in [0.15, 0.2) is 6.29 Å². The predicted octanol–water partition coefficient (Wildman–Crippen LogP) is 5.46. The van der Waals surface area contributed by atoms with Gasteiger partial charge in [0.1, 0.15) is 11.7 Å². The molecule has 1 N–H and O–H groups in total. The highest BCUT2D eigenvalue weighted by Gasteiger charge is 2.25. The third-order valence-electron chi connectivity index (χ3n) is 5.33. The van der Waals surface area contributed by atoms with Crippen molar-refractivity contribution < 1.29 is 13.9 Å². The lowest BCUT2D eigenvalue weighted by molar-refractivity contribution is -0.0936. The van der Waals surface area contributed by atoms with E-state index in [-0.39, 0.29) is 11.9 Å². The van der Waals surface area contributed by atoms with Crippen LogP contribution in [0.4, 0.5) is 10.1 Å². The van der Waals surface area contributed by atoms with Crippen LogP contribution in [-0.2, 0) is 9.47 Å². The monoisotopic (exact) mass is 471 g/mol. The van der Waals surface area contributed by atoms with Gasteiger partial charge in [0, 0.05) is 36.1 Å². The summed E-state index contributed by atoms with van der Waals surface area (Å²) in [6.45, 7) is 2.51. The lowest BCUT2D eigenvalue weighted by Crippen LogP contribution is -2.21. The van der Waals surface area contributed by atoms with Crippen molar-refractivity contribution in [3.63, 3.8) is 0 Å². The number of anilines is 1. The summed E-state index contributed by atoms with van der Waals surface area (Å²) in [7, 11) is 3.19. The zero-order valence-corrected chi connectivity index (χ0v) is 18.6. The van der Waals surface area contributed by atoms with E-state index in [1.54, 1.807) is 26.4 Å². The van der Waals surface area contributed by atoms with Crippen LogP contribution in [0, 0.1) is 5.82 Å². The molecule has 0 radical (unpaired) electrons. The smallest absolute Gasteiger partial charge is 0.176 e. The number of nitrogens with zero attached hydrogens (tertiary/aromatic N) is 2. The molecule has 0 bridgehead atoms. The van der Waals surface area contributed by atoms with Gasteiger partial charge in [-0.05, 0) is 54.4 Å². The van der Waals surface area contributed by atoms with Crippen molar-refractivity contribution in [1.82, 2.24) is 4.57 Å². The topological polar surface area (TPSA) is 47.8 Å². The molecule has 0 spiro atoms. The van der Waals surface area contributed by atoms with Crippen LogP contribution in [0.1, 0.15) is 24.2 Å². The highest BCUT2D eigenvalue weighted by atomic mass is 79.9. The van der Waals surface area contributed by atoms with Crippen LogP contribution in [0.3, 0.4) is 0 Å². The Bertz CT molecular complexity index is 1070. The van der Waals surface area contributed by atoms with Crippen LogP contribution in [-0.4, -0.2) is 37.5 Å². The molecule has 7 heteroatoms. The number of methoxy groups -OCH3 is 2. The molecule has 156 valence electrons. The van der Waals surface area contributed by atoms with Crippen molar-refractivity contribution in [3.05, 3.63) is 76.3 Å². The van der Waals surface area contributed by atoms with E-state index in [0.29, 0.717) is 6.54 Å². The third-order valence-corrected chi connectivity index (χ3v) is 5.82. The molecule has 0 saturated carbocycles. The molecule has 0 fully saturated rings. The van der Waals surface area contributed by atoms with Crippen LogP contribution in [0.15, 0.2) is 64.2 Å². The Labute approximate surface area is 183 Å². The van der Waals surface area contributed by atoms with Gasteiger partial charge in [-0.1, -0.05) is 28.1 Å². The maximum absolute atomic E-state index is 13.4. The van der Waals surface area contributed by atoms with Gasteiger partial charge in [0.25, 0.3) is 0 Å². The first-order valence-corrected chi connectivity index (χ1v) is 10.4. The normalized spacial score (nSPS) is 16.9. The predicted molar refractivity (Wildman–Crippen MR) is 121 cm³/mol. The Hall–Kier alpha value is -2.48. The molecule has 1 unspecified atom stereocenters. The molecule has 1 aromatic heterocycles. The molecule has 0 aliphatic carbocycles. The van der Waals surface area contributed by atoms with E-state index in [9.17, 15) is 4.39 Å². The number of fused-ring (bicyclic) bond motifs is 2. The Morgan fingerprint density at radius 2 is 1.83 bits per heavy atom. The zero-order chi connectivity index (χ0) is 21.3. The largest absolute Gasteiger partial charge is 0.354 e. The fourth-order valence-electron chi connectivity index (χ4n) is 3.66. The molecule has 1 aliphatic heterocycles. The minimum Gasteiger partial charge on any atom is -0.354 e. The number of halogens is 2. The molecule has 1 atom stereocenters. The number of nitrogens with one attached hydrogen (secondary N) is 1. The van der Waals surface area contributed by atoms with Gasteiger partial charge in [-0.2, -0.15) is 0 Å². The molecule has 2 aromatic carbocycles. The second-order valence-electron chi connectivity index (χ2n) is 7.15. The van der Waals surface area contributed by atoms with E-state index in [1.807, 2.05) is 12.1 Å². The maximum atomic E-state index is 13.4. The van der Waals surface area contributed by atoms with Crippen molar-refractivity contribution in [2.75, 3.05) is 26.1 Å².